The van der Waals surface area contributed by atoms with Gasteiger partial charge in [0.25, 0.3) is 0 Å². The number of hydrogen-bond donors (Lipinski definition) is 0. The molecule has 0 spiro atoms. The predicted octanol–water partition coefficient (Wildman–Crippen LogP) is 5.28. The van der Waals surface area contributed by atoms with Gasteiger partial charge in [-0.25, -0.2) is 9.97 Å². The zero-order chi connectivity index (χ0) is 19.5. The van der Waals surface area contributed by atoms with Crippen LogP contribution in [0.15, 0.2) is 77.1 Å². The maximum Gasteiger partial charge on any atom is 0.240 e. The number of likely N-dealkylation sites (N-methyl/N-ethyl adjacent to an activating group) is 1. The van der Waals surface area contributed by atoms with Crippen molar-refractivity contribution in [1.29, 1.82) is 0 Å². The molecule has 0 radical (unpaired) electrons. The lowest BCUT2D eigenvalue weighted by Gasteiger charge is -2.21. The van der Waals surface area contributed by atoms with Gasteiger partial charge in [-0.2, -0.15) is 0 Å². The molecule has 140 valence electrons. The Morgan fingerprint density at radius 1 is 0.964 bits per heavy atom. The van der Waals surface area contributed by atoms with Crippen molar-refractivity contribution in [2.24, 2.45) is 0 Å². The van der Waals surface area contributed by atoms with E-state index in [1.54, 1.807) is 30.3 Å². The number of rotatable bonds is 5. The van der Waals surface area contributed by atoms with E-state index >= 15 is 0 Å². The average molecular weight is 406 g/mol. The largest absolute Gasteiger partial charge is 0.348 e. The highest BCUT2D eigenvalue weighted by Crippen LogP contribution is 2.39. The highest BCUT2D eigenvalue weighted by molar-refractivity contribution is 8.00. The second-order valence-electron chi connectivity index (χ2n) is 6.49. The number of carbonyl (C=O) groups is 1. The van der Waals surface area contributed by atoms with Crippen molar-refractivity contribution in [3.8, 4) is 10.7 Å². The number of thiophene rings is 1. The molecule has 2 aromatic heterocycles. The lowest BCUT2D eigenvalue weighted by atomic mass is 10.1. The van der Waals surface area contributed by atoms with Crippen LogP contribution in [0, 0.1) is 0 Å². The molecule has 1 unspecified atom stereocenters. The Bertz CT molecular complexity index is 1100. The summed E-state index contributed by atoms with van der Waals surface area (Å²) in [6, 6.07) is 21.8. The number of para-hydroxylation sites is 1. The molecule has 2 aromatic carbocycles. The Morgan fingerprint density at radius 3 is 2.43 bits per heavy atom. The van der Waals surface area contributed by atoms with E-state index in [2.05, 4.69) is 0 Å². The van der Waals surface area contributed by atoms with Crippen molar-refractivity contribution in [3.05, 3.63) is 77.7 Å². The monoisotopic (exact) mass is 405 g/mol. The fourth-order valence-corrected chi connectivity index (χ4v) is 4.81. The van der Waals surface area contributed by atoms with E-state index in [0.717, 1.165) is 26.4 Å². The second kappa shape index (κ2) is 8.12. The molecule has 2 heterocycles. The van der Waals surface area contributed by atoms with Gasteiger partial charge >= 0.3 is 0 Å². The van der Waals surface area contributed by atoms with E-state index in [1.807, 2.05) is 72.1 Å². The van der Waals surface area contributed by atoms with Gasteiger partial charge in [0.2, 0.25) is 5.91 Å². The van der Waals surface area contributed by atoms with Gasteiger partial charge < -0.3 is 4.90 Å². The SMILES string of the molecule is CN(C)C(=O)C(Sc1nc(-c2cccs2)nc2ccccc12)c1ccccc1. The van der Waals surface area contributed by atoms with E-state index in [1.165, 1.54) is 11.8 Å². The summed E-state index contributed by atoms with van der Waals surface area (Å²) in [5.41, 5.74) is 1.85. The molecule has 0 bridgehead atoms. The quantitative estimate of drug-likeness (QED) is 0.335. The summed E-state index contributed by atoms with van der Waals surface area (Å²) < 4.78 is 0. The minimum absolute atomic E-state index is 0.0385. The van der Waals surface area contributed by atoms with Crippen molar-refractivity contribution in [3.63, 3.8) is 0 Å². The molecule has 0 saturated heterocycles. The average Bonchev–Trinajstić information content (AvgIpc) is 3.26. The first-order valence-electron chi connectivity index (χ1n) is 8.87. The number of aromatic nitrogens is 2. The predicted molar refractivity (Wildman–Crippen MR) is 117 cm³/mol. The molecule has 0 fully saturated rings. The Balaban J connectivity index is 1.83. The molecule has 0 aliphatic rings. The van der Waals surface area contributed by atoms with Crippen molar-refractivity contribution in [1.82, 2.24) is 14.9 Å². The van der Waals surface area contributed by atoms with Crippen LogP contribution in [-0.2, 0) is 4.79 Å². The number of nitrogens with zero attached hydrogens (tertiary/aromatic N) is 3. The third kappa shape index (κ3) is 3.79. The standard InChI is InChI=1S/C22H19N3OS2/c1-25(2)22(26)19(15-9-4-3-5-10-15)28-21-16-11-6-7-12-17(16)23-20(24-21)18-13-8-14-27-18/h3-14,19H,1-2H3. The van der Waals surface area contributed by atoms with Crippen molar-refractivity contribution in [2.75, 3.05) is 14.1 Å². The Morgan fingerprint density at radius 2 is 1.71 bits per heavy atom. The van der Waals surface area contributed by atoms with E-state index < -0.39 is 0 Å². The van der Waals surface area contributed by atoms with Gasteiger partial charge in [-0.3, -0.25) is 4.79 Å². The molecular formula is C22H19N3OS2. The van der Waals surface area contributed by atoms with E-state index in [0.29, 0.717) is 5.82 Å². The lowest BCUT2D eigenvalue weighted by molar-refractivity contribution is -0.128. The van der Waals surface area contributed by atoms with E-state index in [-0.39, 0.29) is 11.2 Å². The highest BCUT2D eigenvalue weighted by atomic mass is 32.2. The van der Waals surface area contributed by atoms with Gasteiger partial charge in [-0.15, -0.1) is 11.3 Å². The Kier molecular flexibility index (Phi) is 5.41. The number of fused-ring (bicyclic) bond motifs is 1. The van der Waals surface area contributed by atoms with Gasteiger partial charge in [-0.05, 0) is 23.1 Å². The molecule has 0 aliphatic heterocycles. The molecule has 0 N–H and O–H groups in total. The van der Waals surface area contributed by atoms with Crippen LogP contribution in [0.1, 0.15) is 10.8 Å². The maximum atomic E-state index is 13.0. The summed E-state index contributed by atoms with van der Waals surface area (Å²) in [5, 5.41) is 3.42. The molecule has 6 heteroatoms. The maximum absolute atomic E-state index is 13.0. The van der Waals surface area contributed by atoms with Crippen LogP contribution in [0.25, 0.3) is 21.6 Å². The smallest absolute Gasteiger partial charge is 0.240 e. The molecule has 1 atom stereocenters. The van der Waals surface area contributed by atoms with Gasteiger partial charge in [-0.1, -0.05) is 66.4 Å². The van der Waals surface area contributed by atoms with Gasteiger partial charge in [0, 0.05) is 19.5 Å². The Hall–Kier alpha value is -2.70. The molecule has 4 rings (SSSR count). The minimum atomic E-state index is -0.370. The number of carbonyl (C=O) groups excluding carboxylic acids is 1. The van der Waals surface area contributed by atoms with Crippen LogP contribution in [0.2, 0.25) is 0 Å². The lowest BCUT2D eigenvalue weighted by Crippen LogP contribution is -2.26. The number of benzene rings is 2. The van der Waals surface area contributed by atoms with Crippen LogP contribution in [-0.4, -0.2) is 34.9 Å². The molecule has 28 heavy (non-hydrogen) atoms. The van der Waals surface area contributed by atoms with Crippen molar-refractivity contribution >= 4 is 39.9 Å². The summed E-state index contributed by atoms with van der Waals surface area (Å²) >= 11 is 3.09. The van der Waals surface area contributed by atoms with Gasteiger partial charge in [0.05, 0.1) is 10.4 Å². The molecule has 1 amide bonds. The first-order valence-corrected chi connectivity index (χ1v) is 10.6. The topological polar surface area (TPSA) is 46.1 Å². The third-order valence-electron chi connectivity index (χ3n) is 4.31. The zero-order valence-corrected chi connectivity index (χ0v) is 17.2. The molecule has 4 nitrogen and oxygen atoms in total. The van der Waals surface area contributed by atoms with Crippen molar-refractivity contribution in [2.45, 2.75) is 10.3 Å². The van der Waals surface area contributed by atoms with E-state index in [9.17, 15) is 4.79 Å². The summed E-state index contributed by atoms with van der Waals surface area (Å²) in [4.78, 5) is 25.2. The van der Waals surface area contributed by atoms with Crippen molar-refractivity contribution < 1.29 is 4.79 Å². The third-order valence-corrected chi connectivity index (χ3v) is 6.42. The van der Waals surface area contributed by atoms with Crippen LogP contribution in [0.4, 0.5) is 0 Å². The fourth-order valence-electron chi connectivity index (χ4n) is 2.89. The number of thioether (sulfide) groups is 1. The van der Waals surface area contributed by atoms with Crippen LogP contribution in [0.5, 0.6) is 0 Å². The zero-order valence-electron chi connectivity index (χ0n) is 15.6. The summed E-state index contributed by atoms with van der Waals surface area (Å²) in [6.45, 7) is 0. The fraction of sp³-hybridized carbons (Fsp3) is 0.136. The van der Waals surface area contributed by atoms with Crippen LogP contribution >= 0.6 is 23.1 Å². The summed E-state index contributed by atoms with van der Waals surface area (Å²) in [5.74, 6) is 0.733. The summed E-state index contributed by atoms with van der Waals surface area (Å²) in [6.07, 6.45) is 0. The Labute approximate surface area is 172 Å². The molecule has 0 aliphatic carbocycles. The normalized spacial score (nSPS) is 12.1. The minimum Gasteiger partial charge on any atom is -0.348 e. The molecule has 0 saturated carbocycles. The highest BCUT2D eigenvalue weighted by Gasteiger charge is 2.25. The molecule has 4 aromatic rings. The molecular weight excluding hydrogens is 386 g/mol. The van der Waals surface area contributed by atoms with E-state index in [4.69, 9.17) is 9.97 Å². The second-order valence-corrected chi connectivity index (χ2v) is 8.53. The van der Waals surface area contributed by atoms with Gasteiger partial charge in [0.1, 0.15) is 10.3 Å². The number of hydrogen-bond acceptors (Lipinski definition) is 5. The first-order chi connectivity index (χ1) is 13.6. The number of amides is 1. The first kappa shape index (κ1) is 18.7. The summed E-state index contributed by atoms with van der Waals surface area (Å²) in [7, 11) is 3.57. The van der Waals surface area contributed by atoms with Crippen LogP contribution in [0.3, 0.4) is 0 Å². The van der Waals surface area contributed by atoms with Gasteiger partial charge in [0.15, 0.2) is 5.82 Å². The van der Waals surface area contributed by atoms with Crippen LogP contribution < -0.4 is 0 Å².